The predicted octanol–water partition coefficient (Wildman–Crippen LogP) is 5.51. The van der Waals surface area contributed by atoms with E-state index in [-0.39, 0.29) is 0 Å². The van der Waals surface area contributed by atoms with Gasteiger partial charge in [-0.1, -0.05) is 39.1 Å². The third kappa shape index (κ3) is 4.48. The molecule has 0 unspecified atom stereocenters. The Bertz CT molecular complexity index is 556. The normalized spacial score (nSPS) is 10.6. The van der Waals surface area contributed by atoms with Gasteiger partial charge >= 0.3 is 0 Å². The molecule has 0 aromatic heterocycles. The van der Waals surface area contributed by atoms with Gasteiger partial charge in [0.2, 0.25) is 0 Å². The van der Waals surface area contributed by atoms with Gasteiger partial charge < -0.3 is 10.5 Å². The highest BCUT2D eigenvalue weighted by Crippen LogP contribution is 2.29. The van der Waals surface area contributed by atoms with E-state index in [0.717, 1.165) is 20.8 Å². The number of nitrogens with two attached hydrogens (primary N) is 1. The van der Waals surface area contributed by atoms with E-state index in [2.05, 4.69) is 15.9 Å². The molecule has 0 fully saturated rings. The number of nitrogen functional groups attached to an aromatic ring is 1. The summed E-state index contributed by atoms with van der Waals surface area (Å²) in [7, 11) is 0. The van der Waals surface area contributed by atoms with Crippen LogP contribution in [0, 0.1) is 0 Å². The molecule has 0 aliphatic rings. The molecule has 0 spiro atoms. The SMILES string of the molecule is Nc1cc(Br)ccc1SCCOc1ccc(Cl)cc1Cl. The highest BCUT2D eigenvalue weighted by atomic mass is 79.9. The van der Waals surface area contributed by atoms with Crippen molar-refractivity contribution in [3.63, 3.8) is 0 Å². The largest absolute Gasteiger partial charge is 0.491 e. The Balaban J connectivity index is 1.84. The quantitative estimate of drug-likeness (QED) is 0.414. The third-order valence-electron chi connectivity index (χ3n) is 2.46. The van der Waals surface area contributed by atoms with Crippen LogP contribution in [0.15, 0.2) is 45.8 Å². The number of anilines is 1. The van der Waals surface area contributed by atoms with Crippen molar-refractivity contribution in [3.8, 4) is 5.75 Å². The van der Waals surface area contributed by atoms with Crippen LogP contribution in [0.3, 0.4) is 0 Å². The van der Waals surface area contributed by atoms with Crippen LogP contribution in [0.5, 0.6) is 5.75 Å². The fourth-order valence-electron chi connectivity index (χ4n) is 1.55. The lowest BCUT2D eigenvalue weighted by atomic mass is 10.3. The summed E-state index contributed by atoms with van der Waals surface area (Å²) in [6.07, 6.45) is 0. The first-order valence-electron chi connectivity index (χ1n) is 5.82. The summed E-state index contributed by atoms with van der Waals surface area (Å²) in [5, 5.41) is 1.12. The lowest BCUT2D eigenvalue weighted by Crippen LogP contribution is -2.01. The predicted molar refractivity (Wildman–Crippen MR) is 91.2 cm³/mol. The van der Waals surface area contributed by atoms with Gasteiger partial charge in [-0.15, -0.1) is 11.8 Å². The van der Waals surface area contributed by atoms with Gasteiger partial charge in [-0.05, 0) is 36.4 Å². The number of hydrogen-bond donors (Lipinski definition) is 1. The summed E-state index contributed by atoms with van der Waals surface area (Å²) in [4.78, 5) is 1.04. The molecule has 2 rings (SSSR count). The molecule has 0 bridgehead atoms. The first kappa shape index (κ1) is 15.8. The van der Waals surface area contributed by atoms with E-state index in [1.165, 1.54) is 0 Å². The Morgan fingerprint density at radius 2 is 1.95 bits per heavy atom. The van der Waals surface area contributed by atoms with Gasteiger partial charge in [-0.25, -0.2) is 0 Å². The smallest absolute Gasteiger partial charge is 0.138 e. The molecular formula is C14H12BrCl2NOS. The summed E-state index contributed by atoms with van der Waals surface area (Å²) < 4.78 is 6.59. The Morgan fingerprint density at radius 3 is 2.65 bits per heavy atom. The number of ether oxygens (including phenoxy) is 1. The highest BCUT2D eigenvalue weighted by molar-refractivity contribution is 9.10. The minimum absolute atomic E-state index is 0.519. The molecule has 0 aliphatic carbocycles. The monoisotopic (exact) mass is 391 g/mol. The van der Waals surface area contributed by atoms with Crippen LogP contribution >= 0.6 is 50.9 Å². The number of hydrogen-bond acceptors (Lipinski definition) is 3. The lowest BCUT2D eigenvalue weighted by Gasteiger charge is -2.09. The van der Waals surface area contributed by atoms with Gasteiger partial charge in [-0.2, -0.15) is 0 Å². The zero-order valence-electron chi connectivity index (χ0n) is 10.4. The van der Waals surface area contributed by atoms with E-state index in [1.807, 2.05) is 18.2 Å². The van der Waals surface area contributed by atoms with E-state index in [0.29, 0.717) is 22.4 Å². The van der Waals surface area contributed by atoms with Crippen molar-refractivity contribution in [1.82, 2.24) is 0 Å². The number of halogens is 3. The molecule has 0 radical (unpaired) electrons. The van der Waals surface area contributed by atoms with Crippen LogP contribution in [0.2, 0.25) is 10.0 Å². The van der Waals surface area contributed by atoms with Crippen LogP contribution in [0.1, 0.15) is 0 Å². The summed E-state index contributed by atoms with van der Waals surface area (Å²) in [6.45, 7) is 0.543. The van der Waals surface area contributed by atoms with Crippen LogP contribution < -0.4 is 10.5 Å². The van der Waals surface area contributed by atoms with Crippen molar-refractivity contribution in [1.29, 1.82) is 0 Å². The molecule has 106 valence electrons. The van der Waals surface area contributed by atoms with Crippen molar-refractivity contribution in [2.45, 2.75) is 4.90 Å². The van der Waals surface area contributed by atoms with E-state index < -0.39 is 0 Å². The topological polar surface area (TPSA) is 35.2 Å². The lowest BCUT2D eigenvalue weighted by molar-refractivity contribution is 0.344. The number of rotatable bonds is 5. The van der Waals surface area contributed by atoms with Crippen molar-refractivity contribution in [2.24, 2.45) is 0 Å². The fourth-order valence-corrected chi connectivity index (χ4v) is 3.16. The Hall–Kier alpha value is -0.550. The van der Waals surface area contributed by atoms with E-state index in [4.69, 9.17) is 33.7 Å². The standard InChI is InChI=1S/C14H12BrCl2NOS/c15-9-1-4-14(12(18)7-9)20-6-5-19-13-3-2-10(16)8-11(13)17/h1-4,7-8H,5-6,18H2. The maximum Gasteiger partial charge on any atom is 0.138 e. The van der Waals surface area contributed by atoms with E-state index in [1.54, 1.807) is 30.0 Å². The number of benzene rings is 2. The minimum Gasteiger partial charge on any atom is -0.491 e. The maximum atomic E-state index is 6.03. The second kappa shape index (κ2) is 7.46. The molecule has 0 saturated carbocycles. The molecular weight excluding hydrogens is 381 g/mol. The van der Waals surface area contributed by atoms with Gasteiger partial charge in [0.05, 0.1) is 11.6 Å². The van der Waals surface area contributed by atoms with Crippen molar-refractivity contribution in [2.75, 3.05) is 18.1 Å². The molecule has 0 heterocycles. The summed E-state index contributed by atoms with van der Waals surface area (Å²) in [6, 6.07) is 11.0. The van der Waals surface area contributed by atoms with Crippen LogP contribution in [0.25, 0.3) is 0 Å². The molecule has 0 saturated heterocycles. The zero-order chi connectivity index (χ0) is 14.5. The molecule has 20 heavy (non-hydrogen) atoms. The van der Waals surface area contributed by atoms with Gasteiger partial charge in [0.15, 0.2) is 0 Å². The Kier molecular flexibility index (Phi) is 5.90. The van der Waals surface area contributed by atoms with Gasteiger partial charge in [0.1, 0.15) is 5.75 Å². The molecule has 0 aliphatic heterocycles. The molecule has 2 N–H and O–H groups in total. The first-order valence-corrected chi connectivity index (χ1v) is 8.35. The molecule has 0 atom stereocenters. The highest BCUT2D eigenvalue weighted by Gasteiger charge is 2.04. The van der Waals surface area contributed by atoms with Crippen molar-refractivity contribution >= 4 is 56.6 Å². The second-order valence-corrected chi connectivity index (χ2v) is 6.85. The summed E-state index contributed by atoms with van der Waals surface area (Å²) in [5.41, 5.74) is 6.69. The molecule has 2 aromatic carbocycles. The van der Waals surface area contributed by atoms with Crippen LogP contribution in [0.4, 0.5) is 5.69 Å². The van der Waals surface area contributed by atoms with Crippen LogP contribution in [-0.4, -0.2) is 12.4 Å². The zero-order valence-corrected chi connectivity index (χ0v) is 14.3. The van der Waals surface area contributed by atoms with Crippen LogP contribution in [-0.2, 0) is 0 Å². The number of thioether (sulfide) groups is 1. The Labute approximate surface area is 140 Å². The van der Waals surface area contributed by atoms with E-state index >= 15 is 0 Å². The first-order chi connectivity index (χ1) is 9.56. The fraction of sp³-hybridized carbons (Fsp3) is 0.143. The van der Waals surface area contributed by atoms with Gasteiger partial charge in [-0.3, -0.25) is 0 Å². The van der Waals surface area contributed by atoms with E-state index in [9.17, 15) is 0 Å². The third-order valence-corrected chi connectivity index (χ3v) is 4.54. The minimum atomic E-state index is 0.519. The average Bonchev–Trinajstić information content (AvgIpc) is 2.39. The van der Waals surface area contributed by atoms with Crippen molar-refractivity contribution < 1.29 is 4.74 Å². The maximum absolute atomic E-state index is 6.03. The van der Waals surface area contributed by atoms with Gasteiger partial charge in [0.25, 0.3) is 0 Å². The molecule has 2 aromatic rings. The molecule has 0 amide bonds. The molecule has 6 heteroatoms. The summed E-state index contributed by atoms with van der Waals surface area (Å²) >= 11 is 16.9. The molecule has 2 nitrogen and oxygen atoms in total. The van der Waals surface area contributed by atoms with Crippen molar-refractivity contribution in [3.05, 3.63) is 50.9 Å². The average molecular weight is 393 g/mol. The Morgan fingerprint density at radius 1 is 1.15 bits per heavy atom. The second-order valence-electron chi connectivity index (χ2n) is 3.95. The summed E-state index contributed by atoms with van der Waals surface area (Å²) in [5.74, 6) is 1.42. The van der Waals surface area contributed by atoms with Gasteiger partial charge in [0, 0.05) is 25.8 Å².